The molecule has 1 saturated heterocycles. The highest BCUT2D eigenvalue weighted by atomic mass is 32.2. The number of aromatic nitrogens is 1. The topological polar surface area (TPSA) is 68.6 Å². The number of thioether (sulfide) groups is 1. The van der Waals surface area contributed by atoms with E-state index in [1.807, 2.05) is 35.0 Å². The molecule has 4 rings (SSSR count). The lowest BCUT2D eigenvalue weighted by atomic mass is 10.1. The summed E-state index contributed by atoms with van der Waals surface area (Å²) in [5.41, 5.74) is 2.15. The van der Waals surface area contributed by atoms with Crippen LogP contribution < -0.4 is 0 Å². The molecule has 2 amide bonds. The van der Waals surface area contributed by atoms with Crippen LogP contribution in [0.4, 0.5) is 9.18 Å². The molecule has 0 radical (unpaired) electrons. The Morgan fingerprint density at radius 1 is 1.13 bits per heavy atom. The van der Waals surface area contributed by atoms with Gasteiger partial charge in [0, 0.05) is 28.2 Å². The Morgan fingerprint density at radius 3 is 2.63 bits per heavy atom. The minimum Gasteiger partial charge on any atom is -0.468 e. The number of carbonyl (C=O) groups excluding carboxylic acids is 3. The van der Waals surface area contributed by atoms with Gasteiger partial charge in [-0.15, -0.1) is 0 Å². The number of amides is 2. The Morgan fingerprint density at radius 2 is 1.87 bits per heavy atom. The molecule has 8 heteroatoms. The molecule has 0 saturated carbocycles. The summed E-state index contributed by atoms with van der Waals surface area (Å²) in [7, 11) is 1.20. The van der Waals surface area contributed by atoms with E-state index in [0.717, 1.165) is 33.1 Å². The van der Waals surface area contributed by atoms with Gasteiger partial charge < -0.3 is 9.30 Å². The number of esters is 1. The molecule has 1 fully saturated rings. The van der Waals surface area contributed by atoms with E-state index in [1.54, 1.807) is 24.3 Å². The van der Waals surface area contributed by atoms with Crippen molar-refractivity contribution in [3.8, 4) is 0 Å². The molecule has 0 N–H and O–H groups in total. The second-order valence-corrected chi connectivity index (χ2v) is 7.66. The van der Waals surface area contributed by atoms with Crippen molar-refractivity contribution in [2.45, 2.75) is 6.54 Å². The van der Waals surface area contributed by atoms with Crippen molar-refractivity contribution in [1.29, 1.82) is 0 Å². The van der Waals surface area contributed by atoms with Crippen LogP contribution in [-0.4, -0.2) is 40.2 Å². The average Bonchev–Trinajstić information content (AvgIpc) is 3.22. The minimum atomic E-state index is -0.667. The number of methoxy groups -OCH3 is 1. The zero-order chi connectivity index (χ0) is 21.3. The van der Waals surface area contributed by atoms with Gasteiger partial charge in [0.1, 0.15) is 12.4 Å². The molecule has 0 unspecified atom stereocenters. The van der Waals surface area contributed by atoms with Crippen LogP contribution in [0.15, 0.2) is 59.6 Å². The maximum atomic E-state index is 14.1. The smallest absolute Gasteiger partial charge is 0.325 e. The van der Waals surface area contributed by atoms with Gasteiger partial charge in [-0.1, -0.05) is 36.4 Å². The summed E-state index contributed by atoms with van der Waals surface area (Å²) < 4.78 is 20.6. The van der Waals surface area contributed by atoms with Gasteiger partial charge in [-0.2, -0.15) is 0 Å². The van der Waals surface area contributed by atoms with E-state index in [2.05, 4.69) is 4.74 Å². The molecule has 1 aliphatic rings. The van der Waals surface area contributed by atoms with Gasteiger partial charge in [0.2, 0.25) is 0 Å². The summed E-state index contributed by atoms with van der Waals surface area (Å²) in [6.07, 6.45) is 3.45. The lowest BCUT2D eigenvalue weighted by Gasteiger charge is -2.09. The van der Waals surface area contributed by atoms with Crippen LogP contribution in [0.3, 0.4) is 0 Å². The second kappa shape index (κ2) is 8.16. The molecule has 1 aromatic heterocycles. The molecular weight excluding hydrogens is 407 g/mol. The lowest BCUT2D eigenvalue weighted by molar-refractivity contribution is -0.143. The number of para-hydroxylation sites is 1. The third-order valence-electron chi connectivity index (χ3n) is 4.79. The Bertz CT molecular complexity index is 1200. The predicted molar refractivity (Wildman–Crippen MR) is 112 cm³/mol. The molecule has 30 heavy (non-hydrogen) atoms. The van der Waals surface area contributed by atoms with Gasteiger partial charge in [0.25, 0.3) is 11.1 Å². The van der Waals surface area contributed by atoms with E-state index in [9.17, 15) is 18.8 Å². The van der Waals surface area contributed by atoms with Gasteiger partial charge in [0.15, 0.2) is 0 Å². The summed E-state index contributed by atoms with van der Waals surface area (Å²) in [6.45, 7) is -0.0988. The molecule has 1 aliphatic heterocycles. The van der Waals surface area contributed by atoms with Crippen LogP contribution in [-0.2, 0) is 20.9 Å². The maximum absolute atomic E-state index is 14.1. The van der Waals surface area contributed by atoms with Crippen molar-refractivity contribution in [2.24, 2.45) is 0 Å². The average molecular weight is 424 g/mol. The molecule has 152 valence electrons. The molecule has 0 aliphatic carbocycles. The number of carbonyl (C=O) groups is 3. The standard InChI is InChI=1S/C22H17FN2O4S/c1-29-20(26)13-25-21(27)19(30-22(25)28)10-15-12-24(18-9-5-3-7-16(15)18)11-14-6-2-4-8-17(14)23/h2-10,12H,11,13H2,1H3. The first-order chi connectivity index (χ1) is 14.5. The first-order valence-corrected chi connectivity index (χ1v) is 9.93. The van der Waals surface area contributed by atoms with E-state index in [0.29, 0.717) is 12.1 Å². The molecular formula is C22H17FN2O4S. The van der Waals surface area contributed by atoms with Gasteiger partial charge >= 0.3 is 5.97 Å². The quantitative estimate of drug-likeness (QED) is 0.457. The van der Waals surface area contributed by atoms with Crippen LogP contribution in [0.25, 0.3) is 17.0 Å². The van der Waals surface area contributed by atoms with E-state index < -0.39 is 23.7 Å². The Kier molecular flexibility index (Phi) is 5.41. The number of benzene rings is 2. The first kappa shape index (κ1) is 19.9. The van der Waals surface area contributed by atoms with E-state index in [-0.39, 0.29) is 10.7 Å². The monoisotopic (exact) mass is 424 g/mol. The highest BCUT2D eigenvalue weighted by Gasteiger charge is 2.36. The Hall–Kier alpha value is -3.39. The van der Waals surface area contributed by atoms with Gasteiger partial charge in [-0.05, 0) is 30.0 Å². The SMILES string of the molecule is COC(=O)CN1C(=O)SC(=Cc2cn(Cc3ccccc3F)c3ccccc23)C1=O. The van der Waals surface area contributed by atoms with Gasteiger partial charge in [-0.3, -0.25) is 19.3 Å². The van der Waals surface area contributed by atoms with Gasteiger partial charge in [0.05, 0.1) is 18.6 Å². The Balaban J connectivity index is 1.70. The zero-order valence-corrected chi connectivity index (χ0v) is 16.8. The normalized spacial score (nSPS) is 15.4. The molecule has 2 aromatic carbocycles. The fourth-order valence-electron chi connectivity index (χ4n) is 3.30. The maximum Gasteiger partial charge on any atom is 0.325 e. The lowest BCUT2D eigenvalue weighted by Crippen LogP contribution is -2.34. The van der Waals surface area contributed by atoms with Crippen molar-refractivity contribution < 1.29 is 23.5 Å². The summed E-state index contributed by atoms with van der Waals surface area (Å²) in [4.78, 5) is 37.3. The summed E-state index contributed by atoms with van der Waals surface area (Å²) in [6, 6.07) is 14.1. The van der Waals surface area contributed by atoms with Crippen molar-refractivity contribution in [1.82, 2.24) is 9.47 Å². The third-order valence-corrected chi connectivity index (χ3v) is 5.70. The van der Waals surface area contributed by atoms with Crippen molar-refractivity contribution in [2.75, 3.05) is 13.7 Å². The highest BCUT2D eigenvalue weighted by Crippen LogP contribution is 2.34. The number of hydrogen-bond donors (Lipinski definition) is 0. The molecule has 2 heterocycles. The highest BCUT2D eigenvalue weighted by molar-refractivity contribution is 8.18. The number of ether oxygens (including phenoxy) is 1. The third kappa shape index (κ3) is 3.73. The second-order valence-electron chi connectivity index (χ2n) is 6.66. The van der Waals surface area contributed by atoms with Crippen LogP contribution in [0.2, 0.25) is 0 Å². The summed E-state index contributed by atoms with van der Waals surface area (Å²) in [5, 5.41) is 0.348. The number of hydrogen-bond acceptors (Lipinski definition) is 5. The predicted octanol–water partition coefficient (Wildman–Crippen LogP) is 4.04. The fraction of sp³-hybridized carbons (Fsp3) is 0.136. The minimum absolute atomic E-state index is 0.220. The van der Waals surface area contributed by atoms with Crippen LogP contribution in [0, 0.1) is 5.82 Å². The van der Waals surface area contributed by atoms with Crippen LogP contribution in [0.1, 0.15) is 11.1 Å². The molecule has 0 atom stereocenters. The Labute approximate surface area is 175 Å². The van der Waals surface area contributed by atoms with Gasteiger partial charge in [-0.25, -0.2) is 4.39 Å². The van der Waals surface area contributed by atoms with Crippen LogP contribution >= 0.6 is 11.8 Å². The van der Waals surface area contributed by atoms with E-state index >= 15 is 0 Å². The number of fused-ring (bicyclic) bond motifs is 1. The van der Waals surface area contributed by atoms with Crippen molar-refractivity contribution in [3.05, 3.63) is 76.6 Å². The summed E-state index contributed by atoms with van der Waals surface area (Å²) in [5.74, 6) is -1.50. The number of rotatable bonds is 5. The molecule has 3 aromatic rings. The van der Waals surface area contributed by atoms with E-state index in [1.165, 1.54) is 13.2 Å². The van der Waals surface area contributed by atoms with E-state index in [4.69, 9.17) is 0 Å². The number of nitrogens with zero attached hydrogens (tertiary/aromatic N) is 2. The molecule has 0 spiro atoms. The van der Waals surface area contributed by atoms with Crippen molar-refractivity contribution in [3.63, 3.8) is 0 Å². The largest absolute Gasteiger partial charge is 0.468 e. The van der Waals surface area contributed by atoms with Crippen molar-refractivity contribution >= 4 is 45.9 Å². The fourth-order valence-corrected chi connectivity index (χ4v) is 4.13. The zero-order valence-electron chi connectivity index (χ0n) is 16.0. The number of imide groups is 1. The first-order valence-electron chi connectivity index (χ1n) is 9.11. The summed E-state index contributed by atoms with van der Waals surface area (Å²) >= 11 is 0.775. The molecule has 6 nitrogen and oxygen atoms in total. The van der Waals surface area contributed by atoms with Crippen LogP contribution in [0.5, 0.6) is 0 Å². The molecule has 0 bridgehead atoms. The number of halogens is 1.